The van der Waals surface area contributed by atoms with Crippen molar-refractivity contribution in [1.82, 2.24) is 9.55 Å². The van der Waals surface area contributed by atoms with Crippen molar-refractivity contribution in [2.24, 2.45) is 0 Å². The number of aromatic nitrogens is 2. The molecule has 1 aliphatic heterocycles. The van der Waals surface area contributed by atoms with Gasteiger partial charge in [-0.2, -0.15) is 0 Å². The Kier molecular flexibility index (Phi) is 5.06. The number of thiazole rings is 1. The summed E-state index contributed by atoms with van der Waals surface area (Å²) in [5, 5.41) is 10.4. The third-order valence-electron chi connectivity index (χ3n) is 5.71. The predicted octanol–water partition coefficient (Wildman–Crippen LogP) is 4.56. The molecule has 1 saturated heterocycles. The highest BCUT2D eigenvalue weighted by molar-refractivity contribution is 7.21. The second-order valence-corrected chi connectivity index (χ2v) is 8.59. The summed E-state index contributed by atoms with van der Waals surface area (Å²) < 4.78 is 49.3. The van der Waals surface area contributed by atoms with Gasteiger partial charge >= 0.3 is 5.97 Å². The van der Waals surface area contributed by atoms with Crippen LogP contribution in [0, 0.1) is 24.4 Å². The summed E-state index contributed by atoms with van der Waals surface area (Å²) in [5.74, 6) is -4.41. The normalized spacial score (nSPS) is 14.6. The van der Waals surface area contributed by atoms with E-state index in [2.05, 4.69) is 9.88 Å². The van der Waals surface area contributed by atoms with Crippen LogP contribution in [-0.4, -0.2) is 46.9 Å². The number of anilines is 1. The maximum Gasteiger partial charge on any atom is 0.323 e. The zero-order valence-electron chi connectivity index (χ0n) is 17.0. The van der Waals surface area contributed by atoms with Crippen molar-refractivity contribution < 1.29 is 27.8 Å². The van der Waals surface area contributed by atoms with Gasteiger partial charge in [0.05, 0.1) is 17.9 Å². The van der Waals surface area contributed by atoms with E-state index in [0.29, 0.717) is 59.5 Å². The monoisotopic (exact) mass is 461 g/mol. The number of fused-ring (bicyclic) bond motifs is 2. The molecule has 0 saturated carbocycles. The van der Waals surface area contributed by atoms with E-state index in [4.69, 9.17) is 4.74 Å². The first-order valence-corrected chi connectivity index (χ1v) is 10.8. The zero-order chi connectivity index (χ0) is 22.6. The first-order valence-electron chi connectivity index (χ1n) is 9.97. The van der Waals surface area contributed by atoms with Crippen LogP contribution in [0.3, 0.4) is 0 Å². The number of carboxylic acid groups (broad SMARTS) is 1. The predicted molar refractivity (Wildman–Crippen MR) is 116 cm³/mol. The molecule has 0 amide bonds. The molecule has 2 aromatic heterocycles. The maximum atomic E-state index is 14.3. The van der Waals surface area contributed by atoms with Crippen LogP contribution in [0.25, 0.3) is 31.7 Å². The van der Waals surface area contributed by atoms with Gasteiger partial charge in [0, 0.05) is 47.0 Å². The SMILES string of the molecule is Cc1c(-c2nc3c(F)c(F)cc(F)c3s2)c2cc(N3CCOCC3)ccc2n1CC(=O)O. The molecule has 1 aliphatic rings. The van der Waals surface area contributed by atoms with Gasteiger partial charge in [0.2, 0.25) is 0 Å². The first-order chi connectivity index (χ1) is 15.3. The summed E-state index contributed by atoms with van der Waals surface area (Å²) in [4.78, 5) is 17.9. The molecule has 32 heavy (non-hydrogen) atoms. The number of halogens is 3. The van der Waals surface area contributed by atoms with Gasteiger partial charge < -0.3 is 19.3 Å². The summed E-state index contributed by atoms with van der Waals surface area (Å²) in [6.07, 6.45) is 0. The average molecular weight is 461 g/mol. The summed E-state index contributed by atoms with van der Waals surface area (Å²) in [7, 11) is 0. The Labute approximate surface area is 184 Å². The Morgan fingerprint density at radius 2 is 1.94 bits per heavy atom. The lowest BCUT2D eigenvalue weighted by molar-refractivity contribution is -0.137. The van der Waals surface area contributed by atoms with Gasteiger partial charge in [0.1, 0.15) is 22.9 Å². The van der Waals surface area contributed by atoms with Crippen molar-refractivity contribution >= 4 is 44.1 Å². The number of hydrogen-bond donors (Lipinski definition) is 1. The van der Waals surface area contributed by atoms with Gasteiger partial charge in [-0.3, -0.25) is 4.79 Å². The molecule has 4 aromatic rings. The molecule has 0 atom stereocenters. The number of rotatable bonds is 4. The van der Waals surface area contributed by atoms with Crippen LogP contribution in [0.1, 0.15) is 5.69 Å². The molecular weight excluding hydrogens is 443 g/mol. The topological polar surface area (TPSA) is 67.6 Å². The van der Waals surface area contributed by atoms with Crippen LogP contribution < -0.4 is 4.90 Å². The average Bonchev–Trinajstić information content (AvgIpc) is 3.32. The lowest BCUT2D eigenvalue weighted by Crippen LogP contribution is -2.36. The lowest BCUT2D eigenvalue weighted by Gasteiger charge is -2.29. The Morgan fingerprint density at radius 3 is 2.66 bits per heavy atom. The van der Waals surface area contributed by atoms with E-state index in [1.807, 2.05) is 18.2 Å². The van der Waals surface area contributed by atoms with Gasteiger partial charge in [-0.05, 0) is 25.1 Å². The third kappa shape index (κ3) is 3.30. The van der Waals surface area contributed by atoms with E-state index in [-0.39, 0.29) is 16.8 Å². The minimum atomic E-state index is -1.30. The van der Waals surface area contributed by atoms with Crippen LogP contribution in [0.15, 0.2) is 24.3 Å². The molecule has 0 bridgehead atoms. The standard InChI is InChI=1S/C22H18F3N3O3S/c1-11-18(22-26-20-19(25)14(23)9-15(24)21(20)32-22)13-8-12(27-4-6-31-7-5-27)2-3-16(13)28(11)10-17(29)30/h2-3,8-9H,4-7,10H2,1H3,(H,29,30). The molecule has 2 aromatic carbocycles. The molecule has 0 aliphatic carbocycles. The summed E-state index contributed by atoms with van der Waals surface area (Å²) in [6, 6.07) is 6.20. The molecule has 0 unspecified atom stereocenters. The van der Waals surface area contributed by atoms with Crippen LogP contribution in [-0.2, 0) is 16.1 Å². The number of carbonyl (C=O) groups is 1. The highest BCUT2D eigenvalue weighted by Gasteiger charge is 2.24. The van der Waals surface area contributed by atoms with Gasteiger partial charge in [0.25, 0.3) is 0 Å². The van der Waals surface area contributed by atoms with E-state index < -0.39 is 23.4 Å². The minimum absolute atomic E-state index is 0.0817. The molecule has 1 fully saturated rings. The van der Waals surface area contributed by atoms with Crippen molar-refractivity contribution in [3.8, 4) is 10.6 Å². The Balaban J connectivity index is 1.76. The number of benzene rings is 2. The fourth-order valence-electron chi connectivity index (χ4n) is 4.19. The number of carboxylic acids is 1. The number of morpholine rings is 1. The highest BCUT2D eigenvalue weighted by Crippen LogP contribution is 2.41. The fraction of sp³-hybridized carbons (Fsp3) is 0.273. The van der Waals surface area contributed by atoms with E-state index in [1.54, 1.807) is 11.5 Å². The van der Waals surface area contributed by atoms with E-state index in [9.17, 15) is 23.1 Å². The van der Waals surface area contributed by atoms with E-state index in [0.717, 1.165) is 17.0 Å². The largest absolute Gasteiger partial charge is 0.480 e. The van der Waals surface area contributed by atoms with E-state index >= 15 is 0 Å². The van der Waals surface area contributed by atoms with Gasteiger partial charge in [0.15, 0.2) is 11.6 Å². The summed E-state index contributed by atoms with van der Waals surface area (Å²) in [6.45, 7) is 4.10. The summed E-state index contributed by atoms with van der Waals surface area (Å²) >= 11 is 0.915. The van der Waals surface area contributed by atoms with Gasteiger partial charge in [-0.15, -0.1) is 11.3 Å². The van der Waals surface area contributed by atoms with Crippen LogP contribution in [0.2, 0.25) is 0 Å². The Hall–Kier alpha value is -3.11. The van der Waals surface area contributed by atoms with Crippen LogP contribution >= 0.6 is 11.3 Å². The Morgan fingerprint density at radius 1 is 1.19 bits per heavy atom. The first kappa shape index (κ1) is 20.8. The van der Waals surface area contributed by atoms with Gasteiger partial charge in [-0.25, -0.2) is 18.2 Å². The highest BCUT2D eigenvalue weighted by atomic mass is 32.1. The molecule has 0 radical (unpaired) electrons. The van der Waals surface area contributed by atoms with Crippen LogP contribution in [0.4, 0.5) is 18.9 Å². The molecule has 3 heterocycles. The smallest absolute Gasteiger partial charge is 0.323 e. The maximum absolute atomic E-state index is 14.3. The van der Waals surface area contributed by atoms with E-state index in [1.165, 1.54) is 0 Å². The summed E-state index contributed by atoms with van der Waals surface area (Å²) in [5.41, 5.74) is 2.41. The van der Waals surface area contributed by atoms with Crippen molar-refractivity contribution in [3.63, 3.8) is 0 Å². The quantitative estimate of drug-likeness (QED) is 0.451. The second-order valence-electron chi connectivity index (χ2n) is 7.59. The number of nitrogens with zero attached hydrogens (tertiary/aromatic N) is 3. The number of aliphatic carboxylic acids is 1. The molecule has 1 N–H and O–H groups in total. The molecule has 166 valence electrons. The molecular formula is C22H18F3N3O3S. The second kappa shape index (κ2) is 7.79. The van der Waals surface area contributed by atoms with Gasteiger partial charge in [-0.1, -0.05) is 0 Å². The zero-order valence-corrected chi connectivity index (χ0v) is 17.8. The lowest BCUT2D eigenvalue weighted by atomic mass is 10.1. The Bertz CT molecular complexity index is 1380. The van der Waals surface area contributed by atoms with Crippen molar-refractivity contribution in [1.29, 1.82) is 0 Å². The van der Waals surface area contributed by atoms with Crippen molar-refractivity contribution in [2.45, 2.75) is 13.5 Å². The molecule has 10 heteroatoms. The fourth-order valence-corrected chi connectivity index (χ4v) is 5.27. The third-order valence-corrected chi connectivity index (χ3v) is 6.79. The molecule has 5 rings (SSSR count). The van der Waals surface area contributed by atoms with Crippen LogP contribution in [0.5, 0.6) is 0 Å². The molecule has 6 nitrogen and oxygen atoms in total. The van der Waals surface area contributed by atoms with Crippen molar-refractivity contribution in [2.75, 3.05) is 31.2 Å². The number of ether oxygens (including phenoxy) is 1. The van der Waals surface area contributed by atoms with Crippen molar-refractivity contribution in [3.05, 3.63) is 47.4 Å². The molecule has 0 spiro atoms. The number of hydrogen-bond acceptors (Lipinski definition) is 5. The minimum Gasteiger partial charge on any atom is -0.480 e.